The van der Waals surface area contributed by atoms with Crippen molar-refractivity contribution in [3.05, 3.63) is 42.3 Å². The standard InChI is InChI=1S/C19H23FN4O4S/c1-28-13-12-23-17-6-9-21-24(17)19(14-18(23)25)7-10-22(11-8-19)29(26,27)16-5-3-2-4-15(16)20/h2-6,9H,7-8,10-14H2,1H3. The smallest absolute Gasteiger partial charge is 0.245 e. The number of hydrogen-bond acceptors (Lipinski definition) is 5. The van der Waals surface area contributed by atoms with E-state index in [0.717, 1.165) is 6.07 Å². The van der Waals surface area contributed by atoms with Gasteiger partial charge in [0, 0.05) is 26.3 Å². The summed E-state index contributed by atoms with van der Waals surface area (Å²) in [5.41, 5.74) is -0.569. The normalized spacial score (nSPS) is 19.5. The van der Waals surface area contributed by atoms with E-state index in [-0.39, 0.29) is 30.3 Å². The predicted octanol–water partition coefficient (Wildman–Crippen LogP) is 1.59. The van der Waals surface area contributed by atoms with Crippen LogP contribution in [-0.4, -0.2) is 61.8 Å². The van der Waals surface area contributed by atoms with E-state index in [1.807, 2.05) is 4.68 Å². The lowest BCUT2D eigenvalue weighted by molar-refractivity contribution is -0.122. The number of carbonyl (C=O) groups excluding carboxylic acids is 1. The van der Waals surface area contributed by atoms with Crippen molar-refractivity contribution >= 4 is 21.7 Å². The first-order chi connectivity index (χ1) is 13.9. The number of sulfonamides is 1. The number of hydrogen-bond donors (Lipinski definition) is 0. The monoisotopic (exact) mass is 422 g/mol. The van der Waals surface area contributed by atoms with Gasteiger partial charge in [0.2, 0.25) is 15.9 Å². The molecule has 1 amide bonds. The Kier molecular flexibility index (Phi) is 5.18. The number of anilines is 1. The molecule has 1 fully saturated rings. The lowest BCUT2D eigenvalue weighted by atomic mass is 9.83. The van der Waals surface area contributed by atoms with E-state index < -0.39 is 21.4 Å². The molecule has 0 N–H and O–H groups in total. The number of benzene rings is 1. The quantitative estimate of drug-likeness (QED) is 0.731. The number of methoxy groups -OCH3 is 1. The largest absolute Gasteiger partial charge is 0.383 e. The first-order valence-electron chi connectivity index (χ1n) is 9.47. The maximum absolute atomic E-state index is 14.1. The van der Waals surface area contributed by atoms with Crippen LogP contribution in [0.2, 0.25) is 0 Å². The van der Waals surface area contributed by atoms with Crippen molar-refractivity contribution in [1.29, 1.82) is 0 Å². The first kappa shape index (κ1) is 20.0. The van der Waals surface area contributed by atoms with Gasteiger partial charge in [-0.15, -0.1) is 0 Å². The number of carbonyl (C=O) groups is 1. The summed E-state index contributed by atoms with van der Waals surface area (Å²) in [5, 5.41) is 4.44. The molecule has 0 unspecified atom stereocenters. The minimum absolute atomic E-state index is 0.0274. The molecule has 2 aromatic rings. The molecule has 0 atom stereocenters. The molecule has 0 radical (unpaired) electrons. The minimum Gasteiger partial charge on any atom is -0.383 e. The minimum atomic E-state index is -3.93. The van der Waals surface area contributed by atoms with E-state index in [1.165, 1.54) is 22.5 Å². The summed E-state index contributed by atoms with van der Waals surface area (Å²) >= 11 is 0. The number of ether oxygens (including phenoxy) is 1. The van der Waals surface area contributed by atoms with Crippen LogP contribution >= 0.6 is 0 Å². The number of rotatable bonds is 5. The second kappa shape index (κ2) is 7.51. The van der Waals surface area contributed by atoms with Crippen molar-refractivity contribution in [2.45, 2.75) is 29.7 Å². The Balaban J connectivity index is 1.58. The molecule has 29 heavy (non-hydrogen) atoms. The fourth-order valence-corrected chi connectivity index (χ4v) is 5.70. The molecule has 0 aliphatic carbocycles. The molecular weight excluding hydrogens is 399 g/mol. The molecule has 0 bridgehead atoms. The number of aromatic nitrogens is 2. The van der Waals surface area contributed by atoms with Crippen LogP contribution in [0.4, 0.5) is 10.2 Å². The molecule has 156 valence electrons. The van der Waals surface area contributed by atoms with Crippen molar-refractivity contribution < 1.29 is 22.3 Å². The molecular formula is C19H23FN4O4S. The van der Waals surface area contributed by atoms with Gasteiger partial charge in [0.1, 0.15) is 16.5 Å². The van der Waals surface area contributed by atoms with Gasteiger partial charge in [-0.2, -0.15) is 9.40 Å². The number of halogens is 1. The van der Waals surface area contributed by atoms with E-state index in [4.69, 9.17) is 4.74 Å². The van der Waals surface area contributed by atoms with Crippen LogP contribution < -0.4 is 4.90 Å². The van der Waals surface area contributed by atoms with Crippen LogP contribution in [0.3, 0.4) is 0 Å². The second-order valence-corrected chi connectivity index (χ2v) is 9.28. The SMILES string of the molecule is COCCN1C(=O)CC2(CCN(S(=O)(=O)c3ccccc3F)CC2)n2nccc21. The molecule has 3 heterocycles. The average Bonchev–Trinajstić information content (AvgIpc) is 3.19. The van der Waals surface area contributed by atoms with E-state index >= 15 is 0 Å². The molecule has 2 aliphatic heterocycles. The van der Waals surface area contributed by atoms with Gasteiger partial charge in [-0.25, -0.2) is 17.5 Å². The number of piperidine rings is 1. The molecule has 1 saturated heterocycles. The molecule has 10 heteroatoms. The lowest BCUT2D eigenvalue weighted by Crippen LogP contribution is -2.55. The van der Waals surface area contributed by atoms with E-state index in [9.17, 15) is 17.6 Å². The third-order valence-electron chi connectivity index (χ3n) is 5.76. The van der Waals surface area contributed by atoms with Crippen LogP contribution in [0.5, 0.6) is 0 Å². The molecule has 4 rings (SSSR count). The highest BCUT2D eigenvalue weighted by Crippen LogP contribution is 2.41. The topological polar surface area (TPSA) is 84.7 Å². The first-order valence-corrected chi connectivity index (χ1v) is 10.9. The summed E-state index contributed by atoms with van der Waals surface area (Å²) in [5.74, 6) is -0.0899. The Labute approximate surface area is 168 Å². The van der Waals surface area contributed by atoms with Crippen molar-refractivity contribution in [3.63, 3.8) is 0 Å². The third-order valence-corrected chi connectivity index (χ3v) is 7.69. The summed E-state index contributed by atoms with van der Waals surface area (Å²) < 4.78 is 48.1. The van der Waals surface area contributed by atoms with Crippen LogP contribution in [-0.2, 0) is 25.1 Å². The maximum atomic E-state index is 14.1. The fraction of sp³-hybridized carbons (Fsp3) is 0.474. The summed E-state index contributed by atoms with van der Waals surface area (Å²) in [6.07, 6.45) is 2.76. The fourth-order valence-electron chi connectivity index (χ4n) is 4.19. The number of amides is 1. The van der Waals surface area contributed by atoms with E-state index in [0.29, 0.717) is 31.8 Å². The molecule has 1 spiro atoms. The summed E-state index contributed by atoms with van der Waals surface area (Å²) in [4.78, 5) is 14.2. The summed E-state index contributed by atoms with van der Waals surface area (Å²) in [7, 11) is -2.35. The van der Waals surface area contributed by atoms with Crippen LogP contribution in [0.1, 0.15) is 19.3 Å². The van der Waals surface area contributed by atoms with Gasteiger partial charge in [0.15, 0.2) is 0 Å². The van der Waals surface area contributed by atoms with Crippen LogP contribution in [0.25, 0.3) is 0 Å². The Morgan fingerprint density at radius 1 is 1.21 bits per heavy atom. The Hall–Kier alpha value is -2.30. The summed E-state index contributed by atoms with van der Waals surface area (Å²) in [6.45, 7) is 1.24. The maximum Gasteiger partial charge on any atom is 0.245 e. The van der Waals surface area contributed by atoms with Gasteiger partial charge in [-0.3, -0.25) is 9.69 Å². The zero-order chi connectivity index (χ0) is 20.6. The van der Waals surface area contributed by atoms with Gasteiger partial charge in [0.25, 0.3) is 0 Å². The molecule has 2 aliphatic rings. The highest BCUT2D eigenvalue weighted by Gasteiger charge is 2.47. The van der Waals surface area contributed by atoms with Crippen molar-refractivity contribution in [2.75, 3.05) is 38.3 Å². The van der Waals surface area contributed by atoms with Crippen molar-refractivity contribution in [1.82, 2.24) is 14.1 Å². The van der Waals surface area contributed by atoms with E-state index in [2.05, 4.69) is 5.10 Å². The van der Waals surface area contributed by atoms with Gasteiger partial charge in [-0.1, -0.05) is 12.1 Å². The average molecular weight is 422 g/mol. The third kappa shape index (κ3) is 3.34. The van der Waals surface area contributed by atoms with Crippen molar-refractivity contribution in [3.8, 4) is 0 Å². The Morgan fingerprint density at radius 3 is 2.62 bits per heavy atom. The number of fused-ring (bicyclic) bond motifs is 2. The molecule has 1 aromatic carbocycles. The molecule has 8 nitrogen and oxygen atoms in total. The van der Waals surface area contributed by atoms with Gasteiger partial charge in [-0.05, 0) is 25.0 Å². The van der Waals surface area contributed by atoms with E-state index in [1.54, 1.807) is 24.3 Å². The zero-order valence-corrected chi connectivity index (χ0v) is 16.9. The molecule has 0 saturated carbocycles. The van der Waals surface area contributed by atoms with Gasteiger partial charge >= 0.3 is 0 Å². The van der Waals surface area contributed by atoms with Crippen LogP contribution in [0.15, 0.2) is 41.4 Å². The Bertz CT molecular complexity index is 1010. The summed E-state index contributed by atoms with van der Waals surface area (Å²) in [6, 6.07) is 7.17. The highest BCUT2D eigenvalue weighted by atomic mass is 32.2. The molecule has 1 aromatic heterocycles. The number of nitrogens with zero attached hydrogens (tertiary/aromatic N) is 4. The van der Waals surface area contributed by atoms with Crippen molar-refractivity contribution in [2.24, 2.45) is 0 Å². The van der Waals surface area contributed by atoms with Crippen LogP contribution in [0, 0.1) is 5.82 Å². The predicted molar refractivity (Wildman–Crippen MR) is 103 cm³/mol. The second-order valence-electron chi connectivity index (χ2n) is 7.38. The zero-order valence-electron chi connectivity index (χ0n) is 16.1. The Morgan fingerprint density at radius 2 is 1.93 bits per heavy atom. The van der Waals surface area contributed by atoms with Gasteiger partial charge in [0.05, 0.1) is 31.3 Å². The lowest BCUT2D eigenvalue weighted by Gasteiger charge is -2.46. The highest BCUT2D eigenvalue weighted by molar-refractivity contribution is 7.89. The van der Waals surface area contributed by atoms with Gasteiger partial charge < -0.3 is 4.74 Å².